The molecule has 1 aliphatic rings. The highest BCUT2D eigenvalue weighted by atomic mass is 16.5. The average Bonchev–Trinajstić information content (AvgIpc) is 2.94. The van der Waals surface area contributed by atoms with Crippen LogP contribution >= 0.6 is 0 Å². The van der Waals surface area contributed by atoms with Gasteiger partial charge in [0.2, 0.25) is 0 Å². The highest BCUT2D eigenvalue weighted by molar-refractivity contribution is 5.15. The fraction of sp³-hybridized carbons (Fsp3) is 0.500. The molecule has 6 nitrogen and oxygen atoms in total. The lowest BCUT2D eigenvalue weighted by Gasteiger charge is -2.33. The number of β-amino-alcohol motifs (C(OH)–C–C–N with tert-alkyl or cyclic N) is 1. The first-order chi connectivity index (χ1) is 10.7. The van der Waals surface area contributed by atoms with Crippen LogP contribution in [0.25, 0.3) is 0 Å². The van der Waals surface area contributed by atoms with Gasteiger partial charge in [0.05, 0.1) is 12.7 Å². The monoisotopic (exact) mass is 302 g/mol. The molecular formula is C16H22N4O2. The van der Waals surface area contributed by atoms with E-state index < -0.39 is 0 Å². The van der Waals surface area contributed by atoms with Gasteiger partial charge in [-0.25, -0.2) is 0 Å². The Bertz CT molecular complexity index is 587. The summed E-state index contributed by atoms with van der Waals surface area (Å²) < 4.78 is 7.67. The average molecular weight is 302 g/mol. The molecule has 2 heterocycles. The maximum Gasteiger partial charge on any atom is 0.163 e. The molecule has 6 heteroatoms. The number of aliphatic hydroxyl groups is 1. The first-order valence-electron chi connectivity index (χ1n) is 7.62. The Kier molecular flexibility index (Phi) is 4.82. The highest BCUT2D eigenvalue weighted by Crippen LogP contribution is 2.20. The summed E-state index contributed by atoms with van der Waals surface area (Å²) in [5.41, 5.74) is 1.16. The molecule has 1 aromatic heterocycles. The number of hydrogen-bond acceptors (Lipinski definition) is 5. The van der Waals surface area contributed by atoms with E-state index in [4.69, 9.17) is 4.74 Å². The number of rotatable bonds is 5. The maximum atomic E-state index is 10.3. The zero-order valence-electron chi connectivity index (χ0n) is 12.8. The van der Waals surface area contributed by atoms with Crippen LogP contribution in [-0.4, -0.2) is 57.1 Å². The minimum atomic E-state index is -0.374. The number of aryl methyl sites for hydroxylation is 1. The van der Waals surface area contributed by atoms with Gasteiger partial charge in [-0.1, -0.05) is 30.3 Å². The smallest absolute Gasteiger partial charge is 0.163 e. The standard InChI is InChI=1S/C16H22N4O2/c1-19-12-17-18-16(19)15-11-20(7-8-22-15)10-14(21)9-13-5-3-2-4-6-13/h2-6,12,14-15,21H,7-11H2,1H3/t14-,15-/m0/s1. The number of benzene rings is 1. The summed E-state index contributed by atoms with van der Waals surface area (Å²) in [6.45, 7) is 2.86. The fourth-order valence-corrected chi connectivity index (χ4v) is 2.86. The van der Waals surface area contributed by atoms with Crippen molar-refractivity contribution in [1.29, 1.82) is 0 Å². The molecule has 2 atom stereocenters. The summed E-state index contributed by atoms with van der Waals surface area (Å²) in [6, 6.07) is 10.1. The van der Waals surface area contributed by atoms with Crippen LogP contribution in [0.1, 0.15) is 17.5 Å². The van der Waals surface area contributed by atoms with E-state index in [1.807, 2.05) is 41.9 Å². The van der Waals surface area contributed by atoms with Gasteiger partial charge in [0.25, 0.3) is 0 Å². The third-order valence-electron chi connectivity index (χ3n) is 3.97. The summed E-state index contributed by atoms with van der Waals surface area (Å²) in [7, 11) is 1.92. The number of hydrogen-bond donors (Lipinski definition) is 1. The predicted molar refractivity (Wildman–Crippen MR) is 82.3 cm³/mol. The summed E-state index contributed by atoms with van der Waals surface area (Å²) >= 11 is 0. The summed E-state index contributed by atoms with van der Waals surface area (Å²) in [5, 5.41) is 18.3. The highest BCUT2D eigenvalue weighted by Gasteiger charge is 2.26. The molecule has 1 fully saturated rings. The van der Waals surface area contributed by atoms with Gasteiger partial charge in [0.1, 0.15) is 12.4 Å². The first-order valence-corrected chi connectivity index (χ1v) is 7.62. The van der Waals surface area contributed by atoms with Crippen molar-refractivity contribution in [3.8, 4) is 0 Å². The van der Waals surface area contributed by atoms with Gasteiger partial charge in [-0.05, 0) is 12.0 Å². The molecule has 1 N–H and O–H groups in total. The topological polar surface area (TPSA) is 63.4 Å². The number of nitrogens with zero attached hydrogens (tertiary/aromatic N) is 4. The van der Waals surface area contributed by atoms with E-state index in [-0.39, 0.29) is 12.2 Å². The molecule has 0 unspecified atom stereocenters. The van der Waals surface area contributed by atoms with Crippen LogP contribution in [-0.2, 0) is 18.2 Å². The van der Waals surface area contributed by atoms with Crippen LogP contribution < -0.4 is 0 Å². The van der Waals surface area contributed by atoms with Gasteiger partial charge < -0.3 is 14.4 Å². The van der Waals surface area contributed by atoms with Crippen molar-refractivity contribution in [2.45, 2.75) is 18.6 Å². The fourth-order valence-electron chi connectivity index (χ4n) is 2.86. The number of aliphatic hydroxyl groups excluding tert-OH is 1. The van der Waals surface area contributed by atoms with E-state index in [0.29, 0.717) is 19.6 Å². The first kappa shape index (κ1) is 15.1. The number of aromatic nitrogens is 3. The van der Waals surface area contributed by atoms with Crippen molar-refractivity contribution in [2.24, 2.45) is 7.05 Å². The van der Waals surface area contributed by atoms with Crippen molar-refractivity contribution < 1.29 is 9.84 Å². The second-order valence-corrected chi connectivity index (χ2v) is 5.76. The quantitative estimate of drug-likeness (QED) is 0.885. The van der Waals surface area contributed by atoms with Crippen molar-refractivity contribution >= 4 is 0 Å². The van der Waals surface area contributed by atoms with Crippen LogP contribution in [0, 0.1) is 0 Å². The SMILES string of the molecule is Cn1cnnc1[C@@H]1CN(C[C@@H](O)Cc2ccccc2)CCO1. The van der Waals surface area contributed by atoms with Gasteiger partial charge in [-0.2, -0.15) is 0 Å². The second-order valence-electron chi connectivity index (χ2n) is 5.76. The van der Waals surface area contributed by atoms with Crippen LogP contribution in [0.4, 0.5) is 0 Å². The van der Waals surface area contributed by atoms with Crippen molar-refractivity contribution in [2.75, 3.05) is 26.2 Å². The Labute approximate surface area is 130 Å². The molecule has 0 saturated carbocycles. The lowest BCUT2D eigenvalue weighted by Crippen LogP contribution is -2.43. The van der Waals surface area contributed by atoms with E-state index in [2.05, 4.69) is 15.1 Å². The predicted octanol–water partition coefficient (Wildman–Crippen LogP) is 0.792. The van der Waals surface area contributed by atoms with Gasteiger partial charge in [0, 0.05) is 26.7 Å². The molecule has 1 saturated heterocycles. The molecule has 3 rings (SSSR count). The van der Waals surface area contributed by atoms with E-state index in [0.717, 1.165) is 24.5 Å². The van der Waals surface area contributed by atoms with Gasteiger partial charge >= 0.3 is 0 Å². The maximum absolute atomic E-state index is 10.3. The molecule has 0 bridgehead atoms. The molecule has 0 aliphatic carbocycles. The summed E-state index contributed by atoms with van der Waals surface area (Å²) in [6.07, 6.45) is 1.90. The Morgan fingerprint density at radius 1 is 1.36 bits per heavy atom. The zero-order chi connectivity index (χ0) is 15.4. The Hall–Kier alpha value is -1.76. The van der Waals surface area contributed by atoms with E-state index in [9.17, 15) is 5.11 Å². The van der Waals surface area contributed by atoms with Crippen molar-refractivity contribution in [1.82, 2.24) is 19.7 Å². The van der Waals surface area contributed by atoms with Gasteiger partial charge in [-0.15, -0.1) is 10.2 Å². The number of ether oxygens (including phenoxy) is 1. The van der Waals surface area contributed by atoms with E-state index in [1.54, 1.807) is 6.33 Å². The third-order valence-corrected chi connectivity index (χ3v) is 3.97. The van der Waals surface area contributed by atoms with Crippen molar-refractivity contribution in [3.63, 3.8) is 0 Å². The largest absolute Gasteiger partial charge is 0.391 e. The summed E-state index contributed by atoms with van der Waals surface area (Å²) in [5.74, 6) is 0.835. The minimum Gasteiger partial charge on any atom is -0.391 e. The van der Waals surface area contributed by atoms with Gasteiger partial charge in [-0.3, -0.25) is 4.90 Å². The normalized spacial score (nSPS) is 20.9. The van der Waals surface area contributed by atoms with Crippen LogP contribution in [0.2, 0.25) is 0 Å². The van der Waals surface area contributed by atoms with Crippen LogP contribution in [0.3, 0.4) is 0 Å². The molecule has 2 aromatic rings. The third kappa shape index (κ3) is 3.71. The zero-order valence-corrected chi connectivity index (χ0v) is 12.8. The van der Waals surface area contributed by atoms with E-state index in [1.165, 1.54) is 0 Å². The minimum absolute atomic E-state index is 0.0785. The molecule has 118 valence electrons. The van der Waals surface area contributed by atoms with Crippen LogP contribution in [0.5, 0.6) is 0 Å². The Morgan fingerprint density at radius 2 is 2.18 bits per heavy atom. The Morgan fingerprint density at radius 3 is 2.91 bits per heavy atom. The molecule has 1 aromatic carbocycles. The Balaban J connectivity index is 1.55. The van der Waals surface area contributed by atoms with Crippen LogP contribution in [0.15, 0.2) is 36.7 Å². The summed E-state index contributed by atoms with van der Waals surface area (Å²) in [4.78, 5) is 2.23. The number of morpholine rings is 1. The lowest BCUT2D eigenvalue weighted by atomic mass is 10.1. The van der Waals surface area contributed by atoms with Crippen molar-refractivity contribution in [3.05, 3.63) is 48.0 Å². The lowest BCUT2D eigenvalue weighted by molar-refractivity contribution is -0.0469. The second kappa shape index (κ2) is 7.00. The molecule has 0 amide bonds. The molecule has 0 radical (unpaired) electrons. The molecule has 0 spiro atoms. The molecular weight excluding hydrogens is 280 g/mol. The molecule has 22 heavy (non-hydrogen) atoms. The van der Waals surface area contributed by atoms with E-state index >= 15 is 0 Å². The van der Waals surface area contributed by atoms with Gasteiger partial charge in [0.15, 0.2) is 5.82 Å². The molecule has 1 aliphatic heterocycles.